The van der Waals surface area contributed by atoms with Gasteiger partial charge >= 0.3 is 6.18 Å². The standard InChI is InChI=1S/C24H19F3N6O2/c1-34-17-8-9-19-20(12-17)28-13-29-22(19)35-18-7-2-4-14(10-18)21-31-23(33-32-21)30-16-6-3-5-15(11-16)24(25,26)27/h2-13,19,22H,1H3,(H2,30,31,32,33). The predicted molar refractivity (Wildman–Crippen MR) is 125 cm³/mol. The number of hydrogen-bond donors (Lipinski definition) is 2. The van der Waals surface area contributed by atoms with Crippen molar-refractivity contribution in [3.8, 4) is 17.1 Å². The Morgan fingerprint density at radius 2 is 1.94 bits per heavy atom. The minimum absolute atomic E-state index is 0.136. The third-order valence-electron chi connectivity index (χ3n) is 5.36. The molecule has 2 N–H and O–H groups in total. The van der Waals surface area contributed by atoms with Crippen molar-refractivity contribution in [1.29, 1.82) is 0 Å². The Labute approximate surface area is 197 Å². The van der Waals surface area contributed by atoms with Crippen LogP contribution in [0.4, 0.5) is 24.8 Å². The number of aliphatic imine (C=N–C) groups is 2. The van der Waals surface area contributed by atoms with Gasteiger partial charge in [-0.15, -0.1) is 5.10 Å². The van der Waals surface area contributed by atoms with Crippen molar-refractivity contribution in [1.82, 2.24) is 15.2 Å². The summed E-state index contributed by atoms with van der Waals surface area (Å²) in [5.74, 6) is 1.66. The van der Waals surface area contributed by atoms with E-state index in [9.17, 15) is 13.2 Å². The molecule has 35 heavy (non-hydrogen) atoms. The quantitative estimate of drug-likeness (QED) is 0.509. The highest BCUT2D eigenvalue weighted by atomic mass is 19.4. The van der Waals surface area contributed by atoms with Crippen molar-refractivity contribution in [2.75, 3.05) is 12.4 Å². The summed E-state index contributed by atoms with van der Waals surface area (Å²) in [5.41, 5.74) is 0.937. The van der Waals surface area contributed by atoms with E-state index in [4.69, 9.17) is 9.47 Å². The van der Waals surface area contributed by atoms with E-state index >= 15 is 0 Å². The molecule has 8 nitrogen and oxygen atoms in total. The van der Waals surface area contributed by atoms with Crippen molar-refractivity contribution in [2.45, 2.75) is 12.4 Å². The summed E-state index contributed by atoms with van der Waals surface area (Å²) < 4.78 is 50.3. The number of nitrogens with one attached hydrogen (secondary N) is 2. The van der Waals surface area contributed by atoms with Crippen molar-refractivity contribution in [3.63, 3.8) is 0 Å². The molecule has 3 aromatic rings. The number of anilines is 2. The van der Waals surface area contributed by atoms with Crippen molar-refractivity contribution >= 4 is 23.7 Å². The molecule has 0 bridgehead atoms. The smallest absolute Gasteiger partial charge is 0.416 e. The van der Waals surface area contributed by atoms with E-state index in [-0.39, 0.29) is 17.6 Å². The summed E-state index contributed by atoms with van der Waals surface area (Å²) in [5, 5.41) is 9.64. The first-order valence-electron chi connectivity index (χ1n) is 10.6. The molecule has 2 aromatic carbocycles. The van der Waals surface area contributed by atoms with Gasteiger partial charge in [-0.1, -0.05) is 24.3 Å². The number of fused-ring (bicyclic) bond motifs is 1. The Morgan fingerprint density at radius 3 is 2.77 bits per heavy atom. The van der Waals surface area contributed by atoms with E-state index in [0.29, 0.717) is 22.9 Å². The average molecular weight is 480 g/mol. The van der Waals surface area contributed by atoms with Gasteiger partial charge in [0.25, 0.3) is 0 Å². The number of rotatable bonds is 6. The summed E-state index contributed by atoms with van der Waals surface area (Å²) in [4.78, 5) is 13.0. The van der Waals surface area contributed by atoms with Gasteiger partial charge in [-0.2, -0.15) is 18.2 Å². The zero-order valence-electron chi connectivity index (χ0n) is 18.3. The fourth-order valence-electron chi connectivity index (χ4n) is 3.65. The highest BCUT2D eigenvalue weighted by Gasteiger charge is 2.31. The van der Waals surface area contributed by atoms with Gasteiger partial charge in [0.1, 0.15) is 17.8 Å². The van der Waals surface area contributed by atoms with E-state index in [1.165, 1.54) is 18.5 Å². The molecule has 1 aliphatic heterocycles. The van der Waals surface area contributed by atoms with E-state index < -0.39 is 18.0 Å². The molecule has 0 spiro atoms. The van der Waals surface area contributed by atoms with Crippen LogP contribution in [0.5, 0.6) is 5.75 Å². The van der Waals surface area contributed by atoms with Crippen molar-refractivity contribution in [2.24, 2.45) is 15.9 Å². The number of halogens is 3. The fraction of sp³-hybridized carbons (Fsp3) is 0.167. The number of allylic oxidation sites excluding steroid dienone is 2. The number of H-pyrrole nitrogens is 1. The van der Waals surface area contributed by atoms with E-state index in [1.807, 2.05) is 24.3 Å². The SMILES string of the molecule is COC1=CC2=NC=NC(Oc3cccc(-c4nc(Nc5cccc(C(F)(F)F)c5)n[nH]4)c3)C2C=C1. The normalized spacial score (nSPS) is 19.0. The molecule has 1 aromatic heterocycles. The zero-order chi connectivity index (χ0) is 24.4. The van der Waals surface area contributed by atoms with Gasteiger partial charge in [0.2, 0.25) is 12.2 Å². The molecule has 0 radical (unpaired) electrons. The second-order valence-electron chi connectivity index (χ2n) is 7.70. The monoisotopic (exact) mass is 480 g/mol. The lowest BCUT2D eigenvalue weighted by molar-refractivity contribution is -0.137. The van der Waals surface area contributed by atoms with Crippen LogP contribution in [0.3, 0.4) is 0 Å². The van der Waals surface area contributed by atoms with E-state index in [1.54, 1.807) is 25.3 Å². The van der Waals surface area contributed by atoms with Crippen LogP contribution in [-0.2, 0) is 10.9 Å². The van der Waals surface area contributed by atoms with E-state index in [2.05, 4.69) is 30.5 Å². The first kappa shape index (κ1) is 22.4. The molecule has 178 valence electrons. The maximum Gasteiger partial charge on any atom is 0.416 e. The van der Waals surface area contributed by atoms with Crippen LogP contribution in [0.15, 0.2) is 82.5 Å². The number of ether oxygens (including phenoxy) is 2. The second-order valence-corrected chi connectivity index (χ2v) is 7.70. The van der Waals surface area contributed by atoms with Crippen LogP contribution in [-0.4, -0.2) is 40.6 Å². The van der Waals surface area contributed by atoms with Crippen LogP contribution in [0.25, 0.3) is 11.4 Å². The van der Waals surface area contributed by atoms with E-state index in [0.717, 1.165) is 17.8 Å². The summed E-state index contributed by atoms with van der Waals surface area (Å²) in [6.45, 7) is 0. The lowest BCUT2D eigenvalue weighted by atomic mass is 9.95. The molecule has 0 amide bonds. The minimum atomic E-state index is -4.44. The molecule has 2 unspecified atom stereocenters. The maximum atomic E-state index is 13.0. The Kier molecular flexibility index (Phi) is 5.81. The molecule has 11 heteroatoms. The number of benzene rings is 2. The minimum Gasteiger partial charge on any atom is -0.497 e. The summed E-state index contributed by atoms with van der Waals surface area (Å²) in [6, 6.07) is 12.0. The number of hydrogen-bond acceptors (Lipinski definition) is 7. The van der Waals surface area contributed by atoms with Gasteiger partial charge in [-0.25, -0.2) is 9.98 Å². The van der Waals surface area contributed by atoms with Crippen molar-refractivity contribution in [3.05, 3.63) is 78.1 Å². The van der Waals surface area contributed by atoms with Gasteiger partial charge in [0, 0.05) is 17.3 Å². The largest absolute Gasteiger partial charge is 0.497 e. The van der Waals surface area contributed by atoms with Crippen LogP contribution in [0.2, 0.25) is 0 Å². The molecular weight excluding hydrogens is 461 g/mol. The molecular formula is C24H19F3N6O2. The number of aromatic nitrogens is 3. The summed E-state index contributed by atoms with van der Waals surface area (Å²) >= 11 is 0. The first-order chi connectivity index (χ1) is 16.9. The Morgan fingerprint density at radius 1 is 1.09 bits per heavy atom. The Bertz CT molecular complexity index is 1360. The lowest BCUT2D eigenvalue weighted by Gasteiger charge is -2.27. The van der Waals surface area contributed by atoms with Crippen molar-refractivity contribution < 1.29 is 22.6 Å². The molecule has 0 fully saturated rings. The van der Waals surface area contributed by atoms with Crippen LogP contribution in [0, 0.1) is 5.92 Å². The maximum absolute atomic E-state index is 13.0. The summed E-state index contributed by atoms with van der Waals surface area (Å²) in [6.07, 6.45) is 2.15. The fourth-order valence-corrected chi connectivity index (χ4v) is 3.65. The van der Waals surface area contributed by atoms with Gasteiger partial charge < -0.3 is 14.8 Å². The lowest BCUT2D eigenvalue weighted by Crippen LogP contribution is -2.33. The second kappa shape index (κ2) is 9.09. The van der Waals surface area contributed by atoms with Gasteiger partial charge in [0.15, 0.2) is 5.82 Å². The molecule has 2 heterocycles. The highest BCUT2D eigenvalue weighted by molar-refractivity contribution is 6.04. The topological polar surface area (TPSA) is 96.8 Å². The van der Waals surface area contributed by atoms with Gasteiger partial charge in [-0.3, -0.25) is 5.10 Å². The van der Waals surface area contributed by atoms with Crippen LogP contribution in [0.1, 0.15) is 5.56 Å². The van der Waals surface area contributed by atoms with Crippen LogP contribution >= 0.6 is 0 Å². The third-order valence-corrected chi connectivity index (χ3v) is 5.36. The Balaban J connectivity index is 1.30. The first-order valence-corrected chi connectivity index (χ1v) is 10.6. The molecule has 0 saturated carbocycles. The van der Waals surface area contributed by atoms with Gasteiger partial charge in [0.05, 0.1) is 24.3 Å². The molecule has 2 atom stereocenters. The molecule has 2 aliphatic rings. The summed E-state index contributed by atoms with van der Waals surface area (Å²) in [7, 11) is 1.59. The third kappa shape index (κ3) is 4.93. The average Bonchev–Trinajstić information content (AvgIpc) is 3.32. The number of nitrogens with zero attached hydrogens (tertiary/aromatic N) is 4. The highest BCUT2D eigenvalue weighted by Crippen LogP contribution is 2.32. The molecule has 1 aliphatic carbocycles. The van der Waals surface area contributed by atoms with Gasteiger partial charge in [-0.05, 0) is 36.4 Å². The Hall–Kier alpha value is -4.41. The molecule has 0 saturated heterocycles. The molecule has 5 rings (SSSR count). The predicted octanol–water partition coefficient (Wildman–Crippen LogP) is 5.14. The number of aromatic amines is 1. The number of methoxy groups -OCH3 is 1. The zero-order valence-corrected chi connectivity index (χ0v) is 18.3. The number of alkyl halides is 3. The van der Waals surface area contributed by atoms with Crippen LogP contribution < -0.4 is 10.1 Å².